The molecule has 1 aliphatic rings. The van der Waals surface area contributed by atoms with Crippen molar-refractivity contribution in [2.24, 2.45) is 7.05 Å². The van der Waals surface area contributed by atoms with E-state index in [2.05, 4.69) is 0 Å². The number of fused-ring (bicyclic) bond motifs is 1. The summed E-state index contributed by atoms with van der Waals surface area (Å²) in [6.45, 7) is 1.75. The molecular formula is C11H13NO3. The minimum absolute atomic E-state index is 0.0642. The van der Waals surface area contributed by atoms with Gasteiger partial charge in [-0.1, -0.05) is 0 Å². The number of nitrogens with zero attached hydrogens (tertiary/aromatic N) is 1. The first kappa shape index (κ1) is 9.96. The predicted molar refractivity (Wildman–Crippen MR) is 54.4 cm³/mol. The molecule has 1 heterocycles. The summed E-state index contributed by atoms with van der Waals surface area (Å²) >= 11 is 0. The van der Waals surface area contributed by atoms with Gasteiger partial charge in [-0.05, 0) is 25.3 Å². The average molecular weight is 207 g/mol. The van der Waals surface area contributed by atoms with E-state index in [-0.39, 0.29) is 5.78 Å². The number of carbonyl (C=O) groups excluding carboxylic acids is 1. The molecule has 0 aliphatic heterocycles. The molecule has 0 saturated carbocycles. The van der Waals surface area contributed by atoms with E-state index in [1.165, 1.54) is 0 Å². The van der Waals surface area contributed by atoms with Gasteiger partial charge in [0.2, 0.25) is 0 Å². The second-order valence-corrected chi connectivity index (χ2v) is 3.93. The maximum absolute atomic E-state index is 11.7. The summed E-state index contributed by atoms with van der Waals surface area (Å²) in [6.07, 6.45) is 1.99. The molecule has 4 nitrogen and oxygen atoms in total. The first-order valence-electron chi connectivity index (χ1n) is 4.98. The minimum Gasteiger partial charge on any atom is -0.478 e. The largest absolute Gasteiger partial charge is 0.478 e. The van der Waals surface area contributed by atoms with Crippen molar-refractivity contribution in [2.45, 2.75) is 26.2 Å². The molecule has 0 spiro atoms. The van der Waals surface area contributed by atoms with E-state index in [0.29, 0.717) is 29.8 Å². The van der Waals surface area contributed by atoms with E-state index < -0.39 is 5.97 Å². The van der Waals surface area contributed by atoms with Crippen LogP contribution < -0.4 is 0 Å². The fourth-order valence-corrected chi connectivity index (χ4v) is 2.30. The molecule has 1 aromatic rings. The quantitative estimate of drug-likeness (QED) is 0.760. The Morgan fingerprint density at radius 3 is 2.67 bits per heavy atom. The van der Waals surface area contributed by atoms with Crippen molar-refractivity contribution >= 4 is 11.8 Å². The highest BCUT2D eigenvalue weighted by Crippen LogP contribution is 2.28. The molecule has 0 fully saturated rings. The zero-order valence-electron chi connectivity index (χ0n) is 8.83. The highest BCUT2D eigenvalue weighted by atomic mass is 16.4. The van der Waals surface area contributed by atoms with Crippen molar-refractivity contribution in [2.75, 3.05) is 0 Å². The molecule has 0 aromatic carbocycles. The van der Waals surface area contributed by atoms with Gasteiger partial charge in [-0.3, -0.25) is 4.79 Å². The monoisotopic (exact) mass is 207 g/mol. The number of carbonyl (C=O) groups is 2. The zero-order valence-corrected chi connectivity index (χ0v) is 8.83. The van der Waals surface area contributed by atoms with Crippen LogP contribution in [-0.4, -0.2) is 21.4 Å². The van der Waals surface area contributed by atoms with Crippen LogP contribution in [0.2, 0.25) is 0 Å². The van der Waals surface area contributed by atoms with Crippen molar-refractivity contribution in [3.05, 3.63) is 22.5 Å². The molecule has 1 aliphatic carbocycles. The van der Waals surface area contributed by atoms with E-state index in [4.69, 9.17) is 5.11 Å². The van der Waals surface area contributed by atoms with E-state index in [0.717, 1.165) is 12.0 Å². The first-order valence-corrected chi connectivity index (χ1v) is 4.98. The third kappa shape index (κ3) is 1.28. The Kier molecular flexibility index (Phi) is 2.14. The molecule has 1 aromatic heterocycles. The van der Waals surface area contributed by atoms with Crippen LogP contribution in [0.1, 0.15) is 44.9 Å². The first-order chi connectivity index (χ1) is 7.04. The van der Waals surface area contributed by atoms with Crippen molar-refractivity contribution in [1.29, 1.82) is 0 Å². The van der Waals surface area contributed by atoms with Crippen LogP contribution in [0.5, 0.6) is 0 Å². The lowest BCUT2D eigenvalue weighted by molar-refractivity contribution is 0.0695. The lowest BCUT2D eigenvalue weighted by Gasteiger charge is -2.12. The second kappa shape index (κ2) is 3.22. The van der Waals surface area contributed by atoms with Crippen molar-refractivity contribution in [1.82, 2.24) is 4.57 Å². The number of carboxylic acid groups (broad SMARTS) is 1. The summed E-state index contributed by atoms with van der Waals surface area (Å²) < 4.78 is 1.71. The summed E-state index contributed by atoms with van der Waals surface area (Å²) in [5.74, 6) is -0.867. The van der Waals surface area contributed by atoms with E-state index in [1.807, 2.05) is 0 Å². The van der Waals surface area contributed by atoms with E-state index >= 15 is 0 Å². The zero-order chi connectivity index (χ0) is 11.2. The highest BCUT2D eigenvalue weighted by molar-refractivity contribution is 6.02. The molecule has 0 amide bonds. The Labute approximate surface area is 87.5 Å². The molecule has 15 heavy (non-hydrogen) atoms. The fourth-order valence-electron chi connectivity index (χ4n) is 2.30. The third-order valence-corrected chi connectivity index (χ3v) is 3.10. The number of aromatic carboxylic acids is 1. The normalized spacial score (nSPS) is 15.2. The standard InChI is InChI=1S/C11H13NO3/c1-6-9(11(14)15)7-4-3-5-8(13)10(7)12(6)2/h3-5H2,1-2H3,(H,14,15). The maximum Gasteiger partial charge on any atom is 0.337 e. The average Bonchev–Trinajstić information content (AvgIpc) is 2.41. The van der Waals surface area contributed by atoms with Crippen LogP contribution in [0, 0.1) is 6.92 Å². The maximum atomic E-state index is 11.7. The van der Waals surface area contributed by atoms with Crippen LogP contribution in [0.3, 0.4) is 0 Å². The van der Waals surface area contributed by atoms with Crippen molar-refractivity contribution < 1.29 is 14.7 Å². The number of rotatable bonds is 1. The lowest BCUT2D eigenvalue weighted by Crippen LogP contribution is -2.14. The molecule has 2 rings (SSSR count). The van der Waals surface area contributed by atoms with Gasteiger partial charge < -0.3 is 9.67 Å². The summed E-state index contributed by atoms with van der Waals surface area (Å²) in [5.41, 5.74) is 2.30. The van der Waals surface area contributed by atoms with E-state index in [9.17, 15) is 9.59 Å². The van der Waals surface area contributed by atoms with Crippen molar-refractivity contribution in [3.63, 3.8) is 0 Å². The fraction of sp³-hybridized carbons (Fsp3) is 0.455. The van der Waals surface area contributed by atoms with Crippen LogP contribution in [-0.2, 0) is 13.5 Å². The van der Waals surface area contributed by atoms with Gasteiger partial charge in [-0.25, -0.2) is 4.79 Å². The van der Waals surface area contributed by atoms with Gasteiger partial charge in [-0.15, -0.1) is 0 Å². The Bertz CT molecular complexity index is 437. The number of Topliss-reactive ketones (excluding diaryl/α,β-unsaturated/α-hetero) is 1. The predicted octanol–water partition coefficient (Wildman–Crippen LogP) is 1.55. The van der Waals surface area contributed by atoms with Gasteiger partial charge in [0.15, 0.2) is 5.78 Å². The van der Waals surface area contributed by atoms with Gasteiger partial charge in [-0.2, -0.15) is 0 Å². The summed E-state index contributed by atoms with van der Waals surface area (Å²) in [5, 5.41) is 9.10. The summed E-state index contributed by atoms with van der Waals surface area (Å²) in [6, 6.07) is 0. The van der Waals surface area contributed by atoms with Gasteiger partial charge >= 0.3 is 5.97 Å². The topological polar surface area (TPSA) is 59.3 Å². The molecule has 0 radical (unpaired) electrons. The minimum atomic E-state index is -0.931. The second-order valence-electron chi connectivity index (χ2n) is 3.93. The number of hydrogen-bond acceptors (Lipinski definition) is 2. The number of ketones is 1. The number of aromatic nitrogens is 1. The van der Waals surface area contributed by atoms with Gasteiger partial charge in [0, 0.05) is 19.2 Å². The van der Waals surface area contributed by atoms with Gasteiger partial charge in [0.05, 0.1) is 11.3 Å². The van der Waals surface area contributed by atoms with E-state index in [1.54, 1.807) is 18.5 Å². The van der Waals surface area contributed by atoms with Gasteiger partial charge in [0.25, 0.3) is 0 Å². The van der Waals surface area contributed by atoms with Gasteiger partial charge in [0.1, 0.15) is 0 Å². The molecule has 1 N–H and O–H groups in total. The lowest BCUT2D eigenvalue weighted by atomic mass is 9.93. The highest BCUT2D eigenvalue weighted by Gasteiger charge is 2.29. The Morgan fingerprint density at radius 1 is 1.40 bits per heavy atom. The molecule has 4 heteroatoms. The Hall–Kier alpha value is -1.58. The van der Waals surface area contributed by atoms with Crippen molar-refractivity contribution in [3.8, 4) is 0 Å². The Morgan fingerprint density at radius 2 is 2.07 bits per heavy atom. The summed E-state index contributed by atoms with van der Waals surface area (Å²) in [7, 11) is 1.75. The third-order valence-electron chi connectivity index (χ3n) is 3.10. The SMILES string of the molecule is Cc1c(C(=O)O)c2c(n1C)C(=O)CCC2. The number of carboxylic acids is 1. The molecule has 80 valence electrons. The van der Waals surface area contributed by atoms with Crippen LogP contribution >= 0.6 is 0 Å². The Balaban J connectivity index is 2.74. The molecular weight excluding hydrogens is 194 g/mol. The molecule has 0 atom stereocenters. The van der Waals surface area contributed by atoms with Crippen LogP contribution in [0.25, 0.3) is 0 Å². The molecule has 0 bridgehead atoms. The smallest absolute Gasteiger partial charge is 0.337 e. The molecule has 0 unspecified atom stereocenters. The number of hydrogen-bond donors (Lipinski definition) is 1. The van der Waals surface area contributed by atoms with Crippen LogP contribution in [0.15, 0.2) is 0 Å². The summed E-state index contributed by atoms with van der Waals surface area (Å²) in [4.78, 5) is 22.8. The van der Waals surface area contributed by atoms with Crippen LogP contribution in [0.4, 0.5) is 0 Å². The molecule has 0 saturated heterocycles.